The van der Waals surface area contributed by atoms with E-state index in [9.17, 15) is 20.0 Å². The van der Waals surface area contributed by atoms with Crippen molar-refractivity contribution in [1.29, 1.82) is 5.26 Å². The number of ether oxygens (including phenoxy) is 3. The van der Waals surface area contributed by atoms with Crippen molar-refractivity contribution >= 4 is 23.4 Å². The van der Waals surface area contributed by atoms with Gasteiger partial charge >= 0.3 is 5.97 Å². The molecule has 2 bridgehead atoms. The number of carbonyl (C=O) groups excluding carboxylic acids is 1. The molecule has 2 aromatic heterocycles. The number of carboxylic acids is 1. The third-order valence-electron chi connectivity index (χ3n) is 12.4. The van der Waals surface area contributed by atoms with Gasteiger partial charge in [-0.2, -0.15) is 10.2 Å². The van der Waals surface area contributed by atoms with Crippen molar-refractivity contribution in [3.63, 3.8) is 0 Å². The number of rotatable bonds is 13. The Bertz CT molecular complexity index is 2210. The van der Waals surface area contributed by atoms with Gasteiger partial charge in [0.1, 0.15) is 23.0 Å². The van der Waals surface area contributed by atoms with Crippen LogP contribution < -0.4 is 19.5 Å². The number of carbonyl (C=O) groups is 2. The second-order valence-electron chi connectivity index (χ2n) is 15.7. The Kier molecular flexibility index (Phi) is 10.7. The van der Waals surface area contributed by atoms with Gasteiger partial charge in [-0.25, -0.2) is 4.98 Å². The third kappa shape index (κ3) is 7.22. The van der Waals surface area contributed by atoms with Crippen molar-refractivity contribution in [2.75, 3.05) is 27.3 Å². The van der Waals surface area contributed by atoms with Crippen molar-refractivity contribution in [3.05, 3.63) is 87.4 Å². The van der Waals surface area contributed by atoms with E-state index in [4.69, 9.17) is 35.8 Å². The molecule has 2 saturated carbocycles. The molecule has 2 saturated heterocycles. The van der Waals surface area contributed by atoms with Crippen LogP contribution in [-0.2, 0) is 29.1 Å². The molecule has 3 aliphatic carbocycles. The molecule has 56 heavy (non-hydrogen) atoms. The number of nitrogens with zero attached hydrogens (tertiary/aromatic N) is 4. The summed E-state index contributed by atoms with van der Waals surface area (Å²) in [6.07, 6.45) is 6.53. The molecule has 9 rings (SSSR count). The van der Waals surface area contributed by atoms with Crippen LogP contribution in [0, 0.1) is 22.7 Å². The largest absolute Gasteiger partial charge is 0.481 e. The number of methoxy groups -OCH3 is 2. The van der Waals surface area contributed by atoms with E-state index in [0.29, 0.717) is 103 Å². The maximum Gasteiger partial charge on any atom is 0.310 e. The minimum atomic E-state index is -0.716. The topological polar surface area (TPSA) is 147 Å². The molecular weight excluding hydrogens is 730 g/mol. The first kappa shape index (κ1) is 37.9. The molecule has 12 heteroatoms. The normalized spacial score (nSPS) is 22.8. The lowest BCUT2D eigenvalue weighted by molar-refractivity contribution is -0.160. The van der Waals surface area contributed by atoms with E-state index in [0.717, 1.165) is 65.6 Å². The number of pyridine rings is 2. The van der Waals surface area contributed by atoms with Crippen molar-refractivity contribution in [2.45, 2.75) is 83.0 Å². The van der Waals surface area contributed by atoms with Crippen LogP contribution in [0.1, 0.15) is 85.3 Å². The van der Waals surface area contributed by atoms with E-state index in [1.165, 1.54) is 0 Å². The SMILES string of the molecule is COc1nc(-c2cccc(-c3cccc4c3CC[C@@H]4Oc3nc(OC)c(CN4CC5(C(=O)O)CCC4CC5)cc3Cl)c2C#N)ccc1CNC[C@@H]1CCC(=O)C1. The smallest absolute Gasteiger partial charge is 0.310 e. The number of fused-ring (bicyclic) bond motifs is 4. The molecule has 2 N–H and O–H groups in total. The average Bonchev–Trinajstić information content (AvgIpc) is 3.84. The van der Waals surface area contributed by atoms with Gasteiger partial charge in [-0.1, -0.05) is 54.1 Å². The number of halogens is 1. The summed E-state index contributed by atoms with van der Waals surface area (Å²) >= 11 is 6.85. The minimum Gasteiger partial charge on any atom is -0.481 e. The maximum atomic E-state index is 12.2. The molecule has 2 aromatic carbocycles. The van der Waals surface area contributed by atoms with Gasteiger partial charge in [-0.3, -0.25) is 14.5 Å². The average molecular weight is 776 g/mol. The number of hydrogen-bond donors (Lipinski definition) is 2. The van der Waals surface area contributed by atoms with E-state index < -0.39 is 11.4 Å². The number of Topliss-reactive ketones (excluding diaryl/α,β-unsaturated/α-hetero) is 1. The van der Waals surface area contributed by atoms with E-state index in [1.54, 1.807) is 14.2 Å². The lowest BCUT2D eigenvalue weighted by atomic mass is 9.67. The summed E-state index contributed by atoms with van der Waals surface area (Å²) in [5, 5.41) is 24.4. The predicted molar refractivity (Wildman–Crippen MR) is 211 cm³/mol. The van der Waals surface area contributed by atoms with Crippen LogP contribution in [0.4, 0.5) is 0 Å². The molecule has 0 unspecified atom stereocenters. The molecule has 0 spiro atoms. The first-order valence-electron chi connectivity index (χ1n) is 19.5. The van der Waals surface area contributed by atoms with E-state index in [2.05, 4.69) is 22.4 Å². The summed E-state index contributed by atoms with van der Waals surface area (Å²) in [5.74, 6) is 1.18. The van der Waals surface area contributed by atoms with Gasteiger partial charge in [0.05, 0.1) is 30.9 Å². The maximum absolute atomic E-state index is 12.2. The van der Waals surface area contributed by atoms with Crippen LogP contribution in [0.2, 0.25) is 5.02 Å². The van der Waals surface area contributed by atoms with Gasteiger partial charge in [0.25, 0.3) is 0 Å². The first-order valence-corrected chi connectivity index (χ1v) is 19.9. The summed E-state index contributed by atoms with van der Waals surface area (Å²) < 4.78 is 18.0. The first-order chi connectivity index (χ1) is 27.2. The van der Waals surface area contributed by atoms with E-state index in [1.807, 2.05) is 48.5 Å². The standard InChI is InChI=1S/C44H46ClN5O6/c1-54-40-27(23-47-22-26-9-11-30(51)19-26)10-13-38(48-40)34-7-3-6-32(36(34)21-46)31-5-4-8-35-33(31)12-14-39(35)56-42-37(45)20-28(41(49-42)55-2)24-50-25-44(43(52)53)17-15-29(50)16-18-44/h3-8,10,13,20,26,29,39,47H,9,11-12,14-19,22-25H2,1-2H3,(H,52,53)/t26-,29?,39+,44?/m1/s1. The minimum absolute atomic E-state index is 0.282. The highest BCUT2D eigenvalue weighted by molar-refractivity contribution is 6.31. The molecule has 2 aliphatic heterocycles. The fourth-order valence-electron chi connectivity index (χ4n) is 9.39. The van der Waals surface area contributed by atoms with Crippen LogP contribution in [0.5, 0.6) is 17.6 Å². The van der Waals surface area contributed by atoms with Gasteiger partial charge in [0, 0.05) is 60.8 Å². The number of aromatic nitrogens is 2. The van der Waals surface area contributed by atoms with E-state index in [-0.39, 0.29) is 12.0 Å². The Morgan fingerprint density at radius 2 is 1.71 bits per heavy atom. The number of aliphatic carboxylic acids is 1. The fraction of sp³-hybridized carbons (Fsp3) is 0.432. The van der Waals surface area contributed by atoms with Crippen molar-refractivity contribution in [3.8, 4) is 46.1 Å². The third-order valence-corrected chi connectivity index (χ3v) is 12.6. The van der Waals surface area contributed by atoms with Gasteiger partial charge in [0.15, 0.2) is 0 Å². The molecular formula is C44H46ClN5O6. The summed E-state index contributed by atoms with van der Waals surface area (Å²) in [5.41, 5.74) is 6.80. The Morgan fingerprint density at radius 3 is 2.45 bits per heavy atom. The highest BCUT2D eigenvalue weighted by atomic mass is 35.5. The van der Waals surface area contributed by atoms with Crippen LogP contribution in [-0.4, -0.2) is 65.1 Å². The molecule has 0 radical (unpaired) electrons. The molecule has 4 fully saturated rings. The van der Waals surface area contributed by atoms with Crippen LogP contribution in [0.3, 0.4) is 0 Å². The Hall–Kier alpha value is -5.02. The number of ketones is 1. The molecule has 290 valence electrons. The lowest BCUT2D eigenvalue weighted by Crippen LogP contribution is -2.56. The van der Waals surface area contributed by atoms with Crippen molar-refractivity contribution in [1.82, 2.24) is 20.2 Å². The molecule has 2 atom stereocenters. The summed E-state index contributed by atoms with van der Waals surface area (Å²) in [6, 6.07) is 20.5. The Labute approximate surface area is 332 Å². The second-order valence-corrected chi connectivity index (χ2v) is 16.1. The number of nitriles is 1. The second kappa shape index (κ2) is 15.8. The highest BCUT2D eigenvalue weighted by Crippen LogP contribution is 2.47. The monoisotopic (exact) mass is 775 g/mol. The zero-order valence-corrected chi connectivity index (χ0v) is 32.5. The predicted octanol–water partition coefficient (Wildman–Crippen LogP) is 7.71. The Balaban J connectivity index is 1.01. The molecule has 5 aliphatic rings. The lowest BCUT2D eigenvalue weighted by Gasteiger charge is -2.50. The highest BCUT2D eigenvalue weighted by Gasteiger charge is 2.49. The fourth-order valence-corrected chi connectivity index (χ4v) is 9.61. The van der Waals surface area contributed by atoms with Crippen molar-refractivity contribution < 1.29 is 28.9 Å². The number of carboxylic acid groups (broad SMARTS) is 1. The Morgan fingerprint density at radius 1 is 0.964 bits per heavy atom. The van der Waals surface area contributed by atoms with Gasteiger partial charge in [0.2, 0.25) is 17.6 Å². The van der Waals surface area contributed by atoms with Crippen LogP contribution in [0.15, 0.2) is 54.6 Å². The van der Waals surface area contributed by atoms with Crippen molar-refractivity contribution in [2.24, 2.45) is 11.3 Å². The number of piperidine rings is 2. The van der Waals surface area contributed by atoms with Crippen LogP contribution >= 0.6 is 11.6 Å². The number of benzene rings is 2. The molecule has 0 amide bonds. The number of nitrogens with one attached hydrogen (secondary N) is 1. The summed E-state index contributed by atoms with van der Waals surface area (Å²) in [6.45, 7) is 2.34. The summed E-state index contributed by atoms with van der Waals surface area (Å²) in [4.78, 5) is 35.6. The van der Waals surface area contributed by atoms with Crippen LogP contribution in [0.25, 0.3) is 22.4 Å². The van der Waals surface area contributed by atoms with Gasteiger partial charge < -0.3 is 24.6 Å². The molecule has 4 heterocycles. The van der Waals surface area contributed by atoms with Gasteiger partial charge in [-0.05, 0) is 86.2 Å². The zero-order valence-electron chi connectivity index (χ0n) is 31.8. The van der Waals surface area contributed by atoms with E-state index >= 15 is 0 Å². The molecule has 11 nitrogen and oxygen atoms in total. The zero-order chi connectivity index (χ0) is 39.0. The number of hydrogen-bond acceptors (Lipinski definition) is 10. The quantitative estimate of drug-likeness (QED) is 0.138. The molecule has 4 aromatic rings. The van der Waals surface area contributed by atoms with Gasteiger partial charge in [-0.15, -0.1) is 0 Å². The summed E-state index contributed by atoms with van der Waals surface area (Å²) in [7, 11) is 3.17.